The molecule has 0 aliphatic carbocycles. The van der Waals surface area contributed by atoms with Crippen LogP contribution in [0, 0.1) is 0 Å². The van der Waals surface area contributed by atoms with Crippen LogP contribution >= 0.6 is 23.1 Å². The SMILES string of the molecule is O=C(CN1CCCSc2ccccc21)N[C@H](c1ccccc1)c1cccs1. The number of hydrogen-bond donors (Lipinski definition) is 1. The number of para-hydroxylation sites is 1. The van der Waals surface area contributed by atoms with Crippen molar-refractivity contribution in [2.75, 3.05) is 23.7 Å². The first kappa shape index (κ1) is 18.1. The summed E-state index contributed by atoms with van der Waals surface area (Å²) >= 11 is 3.55. The van der Waals surface area contributed by atoms with Gasteiger partial charge in [-0.3, -0.25) is 4.79 Å². The average molecular weight is 395 g/mol. The van der Waals surface area contributed by atoms with Crippen LogP contribution in [-0.2, 0) is 4.79 Å². The summed E-state index contributed by atoms with van der Waals surface area (Å²) in [6.07, 6.45) is 1.08. The summed E-state index contributed by atoms with van der Waals surface area (Å²) in [5, 5.41) is 5.31. The number of anilines is 1. The third-order valence-corrected chi connectivity index (χ3v) is 6.72. The molecule has 3 aromatic rings. The molecule has 138 valence electrons. The predicted molar refractivity (Wildman–Crippen MR) is 115 cm³/mol. The molecule has 0 spiro atoms. The van der Waals surface area contributed by atoms with Crippen molar-refractivity contribution in [1.82, 2.24) is 5.32 Å². The summed E-state index contributed by atoms with van der Waals surface area (Å²) in [5.41, 5.74) is 2.28. The summed E-state index contributed by atoms with van der Waals surface area (Å²) in [5.74, 6) is 1.15. The monoisotopic (exact) mass is 394 g/mol. The van der Waals surface area contributed by atoms with Crippen molar-refractivity contribution >= 4 is 34.7 Å². The van der Waals surface area contributed by atoms with E-state index in [0.29, 0.717) is 6.54 Å². The van der Waals surface area contributed by atoms with Gasteiger partial charge >= 0.3 is 0 Å². The lowest BCUT2D eigenvalue weighted by Gasteiger charge is -2.25. The molecular weight excluding hydrogens is 372 g/mol. The summed E-state index contributed by atoms with van der Waals surface area (Å²) in [6, 6.07) is 22.6. The molecule has 0 fully saturated rings. The van der Waals surface area contributed by atoms with E-state index >= 15 is 0 Å². The van der Waals surface area contributed by atoms with Crippen molar-refractivity contribution < 1.29 is 4.79 Å². The molecule has 1 aliphatic rings. The normalized spacial score (nSPS) is 14.9. The van der Waals surface area contributed by atoms with Gasteiger partial charge in [-0.1, -0.05) is 48.5 Å². The lowest BCUT2D eigenvalue weighted by Crippen LogP contribution is -2.39. The zero-order valence-corrected chi connectivity index (χ0v) is 16.6. The zero-order chi connectivity index (χ0) is 18.5. The highest BCUT2D eigenvalue weighted by Crippen LogP contribution is 2.33. The van der Waals surface area contributed by atoms with Crippen molar-refractivity contribution in [3.8, 4) is 0 Å². The number of thioether (sulfide) groups is 1. The molecule has 2 aromatic carbocycles. The Kier molecular flexibility index (Phi) is 5.80. The molecule has 0 bridgehead atoms. The fraction of sp³-hybridized carbons (Fsp3) is 0.227. The number of amides is 1. The van der Waals surface area contributed by atoms with Gasteiger partial charge < -0.3 is 10.2 Å². The Morgan fingerprint density at radius 1 is 1.04 bits per heavy atom. The number of fused-ring (bicyclic) bond motifs is 1. The summed E-state index contributed by atoms with van der Waals surface area (Å²) < 4.78 is 0. The standard InChI is InChI=1S/C22H22N2OS2/c25-21(16-24-13-7-15-26-19-11-5-4-10-18(19)24)23-22(20-12-6-14-27-20)17-8-2-1-3-9-17/h1-6,8-12,14,22H,7,13,15-16H2,(H,23,25)/t22-/m1/s1. The largest absolute Gasteiger partial charge is 0.361 e. The van der Waals surface area contributed by atoms with Gasteiger partial charge in [-0.25, -0.2) is 0 Å². The Labute approximate surface area is 168 Å². The van der Waals surface area contributed by atoms with Gasteiger partial charge in [0.05, 0.1) is 18.3 Å². The second-order valence-corrected chi connectivity index (χ2v) is 8.63. The topological polar surface area (TPSA) is 32.3 Å². The third kappa shape index (κ3) is 4.37. The second-order valence-electron chi connectivity index (χ2n) is 6.52. The maximum absolute atomic E-state index is 13.0. The Hall–Kier alpha value is -2.24. The van der Waals surface area contributed by atoms with E-state index in [9.17, 15) is 4.79 Å². The highest BCUT2D eigenvalue weighted by molar-refractivity contribution is 7.99. The Morgan fingerprint density at radius 2 is 1.85 bits per heavy atom. The van der Waals surface area contributed by atoms with Crippen molar-refractivity contribution in [2.24, 2.45) is 0 Å². The summed E-state index contributed by atoms with van der Waals surface area (Å²) in [4.78, 5) is 17.6. The number of hydrogen-bond acceptors (Lipinski definition) is 4. The fourth-order valence-electron chi connectivity index (χ4n) is 3.36. The lowest BCUT2D eigenvalue weighted by atomic mass is 10.1. The summed E-state index contributed by atoms with van der Waals surface area (Å²) in [6.45, 7) is 1.29. The first-order valence-corrected chi connectivity index (χ1v) is 11.0. The van der Waals surface area contributed by atoms with E-state index in [2.05, 4.69) is 52.0 Å². The van der Waals surface area contributed by atoms with Crippen molar-refractivity contribution in [3.05, 3.63) is 82.6 Å². The van der Waals surface area contributed by atoms with E-state index in [1.54, 1.807) is 11.3 Å². The molecule has 0 unspecified atom stereocenters. The van der Waals surface area contributed by atoms with Crippen LogP contribution in [-0.4, -0.2) is 24.7 Å². The summed E-state index contributed by atoms with van der Waals surface area (Å²) in [7, 11) is 0. The number of rotatable bonds is 5. The molecular formula is C22H22N2OS2. The fourth-order valence-corrected chi connectivity index (χ4v) is 5.18. The molecule has 1 N–H and O–H groups in total. The molecule has 1 amide bonds. The van der Waals surface area contributed by atoms with Crippen LogP contribution < -0.4 is 10.2 Å². The number of nitrogens with one attached hydrogen (secondary N) is 1. The first-order chi connectivity index (χ1) is 13.3. The van der Waals surface area contributed by atoms with Crippen LogP contribution in [0.1, 0.15) is 22.9 Å². The van der Waals surface area contributed by atoms with E-state index in [-0.39, 0.29) is 11.9 Å². The van der Waals surface area contributed by atoms with Crippen LogP contribution in [0.5, 0.6) is 0 Å². The number of nitrogens with zero attached hydrogens (tertiary/aromatic N) is 1. The molecule has 27 heavy (non-hydrogen) atoms. The maximum Gasteiger partial charge on any atom is 0.240 e. The van der Waals surface area contributed by atoms with E-state index in [4.69, 9.17) is 0 Å². The van der Waals surface area contributed by atoms with Gasteiger partial charge in [-0.05, 0) is 41.3 Å². The van der Waals surface area contributed by atoms with Crippen LogP contribution in [0.25, 0.3) is 0 Å². The predicted octanol–water partition coefficient (Wildman–Crippen LogP) is 4.96. The first-order valence-electron chi connectivity index (χ1n) is 9.16. The minimum atomic E-state index is -0.102. The van der Waals surface area contributed by atoms with E-state index in [1.807, 2.05) is 42.1 Å². The molecule has 0 saturated heterocycles. The Bertz CT molecular complexity index is 880. The van der Waals surface area contributed by atoms with Gasteiger partial charge in [0.15, 0.2) is 0 Å². The van der Waals surface area contributed by atoms with Gasteiger partial charge in [0.25, 0.3) is 0 Å². The van der Waals surface area contributed by atoms with Gasteiger partial charge in [-0.2, -0.15) is 0 Å². The Morgan fingerprint density at radius 3 is 2.67 bits per heavy atom. The molecule has 3 nitrogen and oxygen atoms in total. The maximum atomic E-state index is 13.0. The van der Waals surface area contributed by atoms with Crippen LogP contribution in [0.15, 0.2) is 77.0 Å². The highest BCUT2D eigenvalue weighted by atomic mass is 32.2. The molecule has 1 aliphatic heterocycles. The molecule has 0 radical (unpaired) electrons. The molecule has 5 heteroatoms. The third-order valence-electron chi connectivity index (χ3n) is 4.64. The quantitative estimate of drug-likeness (QED) is 0.664. The number of benzene rings is 2. The number of thiophene rings is 1. The van der Waals surface area contributed by atoms with Crippen molar-refractivity contribution in [2.45, 2.75) is 17.4 Å². The van der Waals surface area contributed by atoms with Crippen LogP contribution in [0.2, 0.25) is 0 Å². The Balaban J connectivity index is 1.52. The van der Waals surface area contributed by atoms with E-state index in [0.717, 1.165) is 29.2 Å². The van der Waals surface area contributed by atoms with Gasteiger partial charge in [0.2, 0.25) is 5.91 Å². The lowest BCUT2D eigenvalue weighted by molar-refractivity contribution is -0.120. The number of carbonyl (C=O) groups excluding carboxylic acids is 1. The van der Waals surface area contributed by atoms with E-state index in [1.165, 1.54) is 10.6 Å². The number of carbonyl (C=O) groups is 1. The van der Waals surface area contributed by atoms with Gasteiger partial charge in [0, 0.05) is 16.3 Å². The van der Waals surface area contributed by atoms with Crippen molar-refractivity contribution in [3.63, 3.8) is 0 Å². The minimum Gasteiger partial charge on any atom is -0.361 e. The second kappa shape index (κ2) is 8.63. The van der Waals surface area contributed by atoms with Crippen LogP contribution in [0.3, 0.4) is 0 Å². The molecule has 4 rings (SSSR count). The zero-order valence-electron chi connectivity index (χ0n) is 15.0. The molecule has 1 atom stereocenters. The van der Waals surface area contributed by atoms with Gasteiger partial charge in [0.1, 0.15) is 0 Å². The molecule has 2 heterocycles. The van der Waals surface area contributed by atoms with Crippen molar-refractivity contribution in [1.29, 1.82) is 0 Å². The van der Waals surface area contributed by atoms with E-state index < -0.39 is 0 Å². The van der Waals surface area contributed by atoms with Crippen LogP contribution in [0.4, 0.5) is 5.69 Å². The average Bonchev–Trinajstić information content (AvgIpc) is 3.16. The minimum absolute atomic E-state index is 0.0546. The highest BCUT2D eigenvalue weighted by Gasteiger charge is 2.21. The van der Waals surface area contributed by atoms with Gasteiger partial charge in [-0.15, -0.1) is 23.1 Å². The molecule has 1 aromatic heterocycles. The smallest absolute Gasteiger partial charge is 0.240 e. The molecule has 0 saturated carbocycles.